The average Bonchev–Trinajstić information content (AvgIpc) is 2.88. The molecule has 0 aromatic carbocycles. The lowest BCUT2D eigenvalue weighted by molar-refractivity contribution is -0.120. The number of nitrogens with one attached hydrogen (secondary N) is 1. The number of rotatable bonds is 6. The molecule has 1 saturated heterocycles. The summed E-state index contributed by atoms with van der Waals surface area (Å²) in [6.45, 7) is 6.26. The van der Waals surface area contributed by atoms with Crippen molar-refractivity contribution in [1.82, 2.24) is 4.31 Å². The smallest absolute Gasteiger partial charge is 0.341 e. The molecule has 146 valence electrons. The van der Waals surface area contributed by atoms with Crippen LogP contribution < -0.4 is 5.32 Å². The van der Waals surface area contributed by atoms with Gasteiger partial charge in [0.1, 0.15) is 5.00 Å². The summed E-state index contributed by atoms with van der Waals surface area (Å²) in [5.41, 5.74) is 1.20. The molecule has 2 heterocycles. The fourth-order valence-corrected chi connectivity index (χ4v) is 5.65. The van der Waals surface area contributed by atoms with Gasteiger partial charge in [0, 0.05) is 23.9 Å². The first-order chi connectivity index (χ1) is 12.2. The van der Waals surface area contributed by atoms with E-state index in [2.05, 4.69) is 5.32 Å². The minimum atomic E-state index is -3.22. The first-order valence-electron chi connectivity index (χ1n) is 8.68. The largest absolute Gasteiger partial charge is 0.465 e. The van der Waals surface area contributed by atoms with E-state index in [1.807, 2.05) is 20.8 Å². The van der Waals surface area contributed by atoms with E-state index in [-0.39, 0.29) is 17.6 Å². The number of anilines is 1. The molecule has 1 amide bonds. The number of carbonyl (C=O) groups excluding carboxylic acids is 2. The second kappa shape index (κ2) is 8.49. The summed E-state index contributed by atoms with van der Waals surface area (Å²) in [5.74, 6) is -0.775. The molecule has 1 aromatic heterocycles. The van der Waals surface area contributed by atoms with Gasteiger partial charge in [-0.15, -0.1) is 11.3 Å². The van der Waals surface area contributed by atoms with Gasteiger partial charge in [0.15, 0.2) is 0 Å². The van der Waals surface area contributed by atoms with Crippen molar-refractivity contribution in [3.8, 4) is 0 Å². The van der Waals surface area contributed by atoms with Crippen LogP contribution >= 0.6 is 11.3 Å². The van der Waals surface area contributed by atoms with Crippen molar-refractivity contribution < 1.29 is 22.7 Å². The molecule has 1 aliphatic heterocycles. The number of hydrogen-bond donors (Lipinski definition) is 1. The Kier molecular flexibility index (Phi) is 6.81. The van der Waals surface area contributed by atoms with Gasteiger partial charge in [0.05, 0.1) is 18.4 Å². The fraction of sp³-hybridized carbons (Fsp3) is 0.647. The number of hydrogen-bond acceptors (Lipinski definition) is 6. The molecule has 0 bridgehead atoms. The summed E-state index contributed by atoms with van der Waals surface area (Å²) in [6.07, 6.45) is 1.54. The van der Waals surface area contributed by atoms with Crippen LogP contribution in [0.15, 0.2) is 0 Å². The molecular formula is C17H26N2O5S2. The third kappa shape index (κ3) is 4.44. The van der Waals surface area contributed by atoms with Crippen molar-refractivity contribution in [1.29, 1.82) is 0 Å². The Morgan fingerprint density at radius 3 is 2.42 bits per heavy atom. The van der Waals surface area contributed by atoms with Gasteiger partial charge < -0.3 is 10.1 Å². The number of amides is 1. The number of carbonyl (C=O) groups is 2. The van der Waals surface area contributed by atoms with Gasteiger partial charge in [-0.1, -0.05) is 6.92 Å². The highest BCUT2D eigenvalue weighted by Gasteiger charge is 2.31. The zero-order valence-electron chi connectivity index (χ0n) is 15.6. The molecule has 0 aliphatic carbocycles. The molecule has 1 N–H and O–H groups in total. The van der Waals surface area contributed by atoms with Crippen LogP contribution in [-0.4, -0.2) is 50.6 Å². The quantitative estimate of drug-likeness (QED) is 0.738. The van der Waals surface area contributed by atoms with E-state index in [1.54, 1.807) is 0 Å². The number of methoxy groups -OCH3 is 1. The zero-order valence-corrected chi connectivity index (χ0v) is 17.3. The van der Waals surface area contributed by atoms with Crippen molar-refractivity contribution in [3.05, 3.63) is 16.0 Å². The van der Waals surface area contributed by atoms with E-state index in [0.717, 1.165) is 10.4 Å². The van der Waals surface area contributed by atoms with Crippen molar-refractivity contribution in [3.63, 3.8) is 0 Å². The number of aryl methyl sites for hydroxylation is 1. The third-order valence-electron chi connectivity index (χ3n) is 4.69. The number of nitrogens with zero attached hydrogens (tertiary/aromatic N) is 1. The van der Waals surface area contributed by atoms with Gasteiger partial charge >= 0.3 is 5.97 Å². The van der Waals surface area contributed by atoms with Gasteiger partial charge in [-0.2, -0.15) is 0 Å². The molecule has 0 spiro atoms. The molecule has 2 rings (SSSR count). The topological polar surface area (TPSA) is 92.8 Å². The van der Waals surface area contributed by atoms with E-state index in [1.165, 1.54) is 22.8 Å². The Morgan fingerprint density at radius 2 is 1.88 bits per heavy atom. The molecule has 0 unspecified atom stereocenters. The summed E-state index contributed by atoms with van der Waals surface area (Å²) in [6, 6.07) is 0. The lowest BCUT2D eigenvalue weighted by Crippen LogP contribution is -2.42. The summed E-state index contributed by atoms with van der Waals surface area (Å²) < 4.78 is 30.5. The standard InChI is InChI=1S/C17H26N2O5S2/c1-5-10-26(22,23)19-8-6-13(7-9-19)15(20)18-16-14(17(21)24-4)11(2)12(3)25-16/h13H,5-10H2,1-4H3,(H,18,20). The number of sulfonamides is 1. The first kappa shape index (κ1) is 20.9. The molecule has 1 aliphatic rings. The number of thiophene rings is 1. The maximum Gasteiger partial charge on any atom is 0.341 e. The predicted octanol–water partition coefficient (Wildman–Crippen LogP) is 2.54. The van der Waals surface area contributed by atoms with Crippen molar-refractivity contribution in [2.75, 3.05) is 31.3 Å². The molecule has 0 saturated carbocycles. The Morgan fingerprint density at radius 1 is 1.27 bits per heavy atom. The van der Waals surface area contributed by atoms with Crippen LogP contribution in [0.25, 0.3) is 0 Å². The summed E-state index contributed by atoms with van der Waals surface area (Å²) in [5, 5.41) is 3.34. The van der Waals surface area contributed by atoms with Crippen LogP contribution in [0, 0.1) is 19.8 Å². The van der Waals surface area contributed by atoms with E-state index in [4.69, 9.17) is 4.74 Å². The normalized spacial score (nSPS) is 16.5. The van der Waals surface area contributed by atoms with Crippen LogP contribution in [0.3, 0.4) is 0 Å². The Balaban J connectivity index is 2.05. The third-order valence-corrected chi connectivity index (χ3v) is 7.89. The van der Waals surface area contributed by atoms with Gasteiger partial charge in [0.25, 0.3) is 0 Å². The van der Waals surface area contributed by atoms with Crippen molar-refractivity contribution >= 4 is 38.2 Å². The molecule has 0 radical (unpaired) electrons. The van der Waals surface area contributed by atoms with Crippen LogP contribution in [0.1, 0.15) is 47.0 Å². The summed E-state index contributed by atoms with van der Waals surface area (Å²) >= 11 is 1.35. The SMILES string of the molecule is CCCS(=O)(=O)N1CCC(C(=O)Nc2sc(C)c(C)c2C(=O)OC)CC1. The Labute approximate surface area is 158 Å². The van der Waals surface area contributed by atoms with Crippen LogP contribution in [0.5, 0.6) is 0 Å². The lowest BCUT2D eigenvalue weighted by atomic mass is 9.97. The lowest BCUT2D eigenvalue weighted by Gasteiger charge is -2.30. The van der Waals surface area contributed by atoms with Gasteiger partial charge in [-0.05, 0) is 38.7 Å². The Bertz CT molecular complexity index is 777. The molecule has 0 atom stereocenters. The second-order valence-electron chi connectivity index (χ2n) is 6.46. The fourth-order valence-electron chi connectivity index (χ4n) is 3.06. The zero-order chi connectivity index (χ0) is 19.5. The number of piperidine rings is 1. The van der Waals surface area contributed by atoms with Crippen LogP contribution in [0.4, 0.5) is 5.00 Å². The van der Waals surface area contributed by atoms with E-state index < -0.39 is 16.0 Å². The predicted molar refractivity (Wildman–Crippen MR) is 102 cm³/mol. The Hall–Kier alpha value is -1.45. The highest BCUT2D eigenvalue weighted by atomic mass is 32.2. The molecule has 1 fully saturated rings. The maximum atomic E-state index is 12.6. The molecule has 1 aromatic rings. The monoisotopic (exact) mass is 402 g/mol. The molecule has 26 heavy (non-hydrogen) atoms. The minimum absolute atomic E-state index is 0.139. The van der Waals surface area contributed by atoms with Crippen molar-refractivity contribution in [2.24, 2.45) is 5.92 Å². The van der Waals surface area contributed by atoms with Crippen LogP contribution in [0.2, 0.25) is 0 Å². The van der Waals surface area contributed by atoms with Gasteiger partial charge in [-0.3, -0.25) is 4.79 Å². The van der Waals surface area contributed by atoms with E-state index in [0.29, 0.717) is 42.9 Å². The summed E-state index contributed by atoms with van der Waals surface area (Å²) in [7, 11) is -1.91. The average molecular weight is 403 g/mol. The molecular weight excluding hydrogens is 376 g/mol. The minimum Gasteiger partial charge on any atom is -0.465 e. The maximum absolute atomic E-state index is 12.6. The number of esters is 1. The van der Waals surface area contributed by atoms with Crippen molar-refractivity contribution in [2.45, 2.75) is 40.0 Å². The molecule has 7 nitrogen and oxygen atoms in total. The van der Waals surface area contributed by atoms with Gasteiger partial charge in [-0.25, -0.2) is 17.5 Å². The van der Waals surface area contributed by atoms with Gasteiger partial charge in [0.2, 0.25) is 15.9 Å². The summed E-state index contributed by atoms with van der Waals surface area (Å²) in [4.78, 5) is 25.6. The highest BCUT2D eigenvalue weighted by Crippen LogP contribution is 2.34. The van der Waals surface area contributed by atoms with E-state index >= 15 is 0 Å². The highest BCUT2D eigenvalue weighted by molar-refractivity contribution is 7.89. The van der Waals surface area contributed by atoms with Crippen LogP contribution in [-0.2, 0) is 19.6 Å². The van der Waals surface area contributed by atoms with E-state index in [9.17, 15) is 18.0 Å². The number of ether oxygens (including phenoxy) is 1. The molecule has 9 heteroatoms. The second-order valence-corrected chi connectivity index (χ2v) is 9.77. The first-order valence-corrected chi connectivity index (χ1v) is 11.1.